The van der Waals surface area contributed by atoms with Crippen molar-refractivity contribution in [2.24, 2.45) is 0 Å². The molecule has 11 rings (SSSR count). The van der Waals surface area contributed by atoms with Gasteiger partial charge in [0.05, 0.1) is 10.0 Å². The van der Waals surface area contributed by atoms with Crippen molar-refractivity contribution in [2.75, 3.05) is 9.80 Å². The normalized spacial score (nSPS) is 11.7. The Morgan fingerprint density at radius 3 is 0.926 bits per heavy atom. The molecule has 0 saturated carbocycles. The minimum Gasteiger partial charge on any atom is -0.302 e. The Kier molecular flexibility index (Phi) is 7.25. The number of para-hydroxylation sites is 2. The predicted octanol–water partition coefficient (Wildman–Crippen LogP) is 15.7. The Hall–Kier alpha value is -6.46. The summed E-state index contributed by atoms with van der Waals surface area (Å²) in [5.74, 6) is 0. The molecule has 2 nitrogen and oxygen atoms in total. The molecule has 54 heavy (non-hydrogen) atoms. The molecular weight excluding hydrogens is 693 g/mol. The van der Waals surface area contributed by atoms with Gasteiger partial charge in [-0.2, -0.15) is 0 Å². The van der Waals surface area contributed by atoms with Crippen molar-refractivity contribution in [1.82, 2.24) is 0 Å². The van der Waals surface area contributed by atoms with Crippen LogP contribution in [0.25, 0.3) is 64.6 Å². The highest BCUT2D eigenvalue weighted by molar-refractivity contribution is 7.14. The molecule has 0 aliphatic rings. The van der Waals surface area contributed by atoms with Crippen LogP contribution in [0.15, 0.2) is 193 Å². The first-order chi connectivity index (χ1) is 26.8. The molecule has 254 valence electrons. The summed E-state index contributed by atoms with van der Waals surface area (Å²) in [6.07, 6.45) is 0. The van der Waals surface area contributed by atoms with E-state index in [1.807, 2.05) is 0 Å². The Bertz CT molecular complexity index is 2940. The van der Waals surface area contributed by atoms with Crippen LogP contribution in [0, 0.1) is 0 Å². The molecule has 0 spiro atoms. The minimum absolute atomic E-state index is 1.15. The summed E-state index contributed by atoms with van der Waals surface area (Å²) in [6, 6.07) is 66.9. The van der Waals surface area contributed by atoms with Crippen molar-refractivity contribution in [3.8, 4) is 0 Å². The van der Waals surface area contributed by atoms with Gasteiger partial charge in [0.15, 0.2) is 0 Å². The van der Waals surface area contributed by atoms with Crippen LogP contribution in [0.4, 0.5) is 32.8 Å². The maximum Gasteiger partial charge on any atom is 0.0999 e. The fourth-order valence-corrected chi connectivity index (χ4v) is 9.95. The van der Waals surface area contributed by atoms with E-state index in [1.165, 1.54) is 74.6 Å². The smallest absolute Gasteiger partial charge is 0.0999 e. The van der Waals surface area contributed by atoms with Crippen molar-refractivity contribution >= 4 is 120 Å². The predicted molar refractivity (Wildman–Crippen MR) is 237 cm³/mol. The van der Waals surface area contributed by atoms with Gasteiger partial charge in [-0.15, -0.1) is 22.7 Å². The van der Waals surface area contributed by atoms with Crippen LogP contribution >= 0.6 is 22.7 Å². The number of nitrogens with zero attached hydrogens (tertiary/aromatic N) is 2. The first-order valence-corrected chi connectivity index (χ1v) is 20.0. The Labute approximate surface area is 321 Å². The average molecular weight is 725 g/mol. The van der Waals surface area contributed by atoms with E-state index in [-0.39, 0.29) is 0 Å². The molecule has 0 aliphatic carbocycles. The number of benzene rings is 9. The van der Waals surface area contributed by atoms with E-state index in [2.05, 4.69) is 203 Å². The van der Waals surface area contributed by atoms with Crippen LogP contribution in [0.5, 0.6) is 0 Å². The van der Waals surface area contributed by atoms with Gasteiger partial charge >= 0.3 is 0 Å². The Balaban J connectivity index is 1.18. The second-order valence-electron chi connectivity index (χ2n) is 13.7. The maximum absolute atomic E-state index is 2.46. The molecule has 0 saturated heterocycles. The highest BCUT2D eigenvalue weighted by atomic mass is 32.1. The standard InChI is InChI=1S/C50H32N2S2/c1-3-13-33(14-4-1)51(49-21-11-27-53-49)35-23-25-41-43(29-35)37-17-7-9-19-39(37)45-32-48-42-26-24-36(52(50-22-12-28-54-50)34-15-5-2-6-16-34)30-44(42)38-18-8-10-20-40(38)46(48)31-47(41)45/h1-32H. The molecule has 2 aromatic heterocycles. The van der Waals surface area contributed by atoms with Crippen molar-refractivity contribution in [2.45, 2.75) is 0 Å². The maximum atomic E-state index is 2.46. The molecule has 0 aliphatic heterocycles. The number of rotatable bonds is 6. The first-order valence-electron chi connectivity index (χ1n) is 18.2. The van der Waals surface area contributed by atoms with E-state index < -0.39 is 0 Å². The van der Waals surface area contributed by atoms with Crippen LogP contribution in [0.3, 0.4) is 0 Å². The summed E-state index contributed by atoms with van der Waals surface area (Å²) >= 11 is 3.52. The lowest BCUT2D eigenvalue weighted by molar-refractivity contribution is 1.32. The van der Waals surface area contributed by atoms with Gasteiger partial charge in [-0.3, -0.25) is 0 Å². The molecule has 2 heterocycles. The van der Waals surface area contributed by atoms with Crippen LogP contribution in [0.2, 0.25) is 0 Å². The topological polar surface area (TPSA) is 6.48 Å². The zero-order chi connectivity index (χ0) is 35.6. The third kappa shape index (κ3) is 4.92. The summed E-state index contributed by atoms with van der Waals surface area (Å²) in [5, 5.41) is 21.9. The summed E-state index contributed by atoms with van der Waals surface area (Å²) in [6.45, 7) is 0. The lowest BCUT2D eigenvalue weighted by atomic mass is 9.88. The highest BCUT2D eigenvalue weighted by Gasteiger charge is 2.19. The van der Waals surface area contributed by atoms with E-state index >= 15 is 0 Å². The van der Waals surface area contributed by atoms with Gasteiger partial charge in [-0.05, 0) is 160 Å². The minimum atomic E-state index is 1.15. The number of hydrogen-bond donors (Lipinski definition) is 0. The summed E-state index contributed by atoms with van der Waals surface area (Å²) in [4.78, 5) is 4.74. The lowest BCUT2D eigenvalue weighted by Crippen LogP contribution is -2.08. The lowest BCUT2D eigenvalue weighted by Gasteiger charge is -2.25. The SMILES string of the molecule is c1ccc(N(c2ccc3c(c2)c2ccccc2c2cc4c5ccc(N(c6ccccc6)c6cccs6)cc5c5ccccc5c4cc32)c2cccs2)cc1. The van der Waals surface area contributed by atoms with Gasteiger partial charge in [-0.1, -0.05) is 97.1 Å². The monoisotopic (exact) mass is 724 g/mol. The number of hydrogen-bond acceptors (Lipinski definition) is 4. The molecule has 0 fully saturated rings. The zero-order valence-electron chi connectivity index (χ0n) is 29.2. The first kappa shape index (κ1) is 31.1. The van der Waals surface area contributed by atoms with E-state index in [1.54, 1.807) is 22.7 Å². The fourth-order valence-electron chi connectivity index (χ4n) is 8.41. The van der Waals surface area contributed by atoms with Crippen LogP contribution in [-0.4, -0.2) is 0 Å². The number of thiophene rings is 2. The largest absolute Gasteiger partial charge is 0.302 e. The third-order valence-electron chi connectivity index (χ3n) is 10.8. The Morgan fingerprint density at radius 2 is 0.574 bits per heavy atom. The quantitative estimate of drug-likeness (QED) is 0.124. The average Bonchev–Trinajstić information content (AvgIpc) is 3.98. The molecule has 9 aromatic carbocycles. The van der Waals surface area contributed by atoms with E-state index in [0.29, 0.717) is 0 Å². The second-order valence-corrected chi connectivity index (χ2v) is 15.6. The van der Waals surface area contributed by atoms with Crippen molar-refractivity contribution in [3.63, 3.8) is 0 Å². The van der Waals surface area contributed by atoms with Crippen LogP contribution < -0.4 is 9.80 Å². The van der Waals surface area contributed by atoms with Crippen LogP contribution in [-0.2, 0) is 0 Å². The third-order valence-corrected chi connectivity index (χ3v) is 12.5. The zero-order valence-corrected chi connectivity index (χ0v) is 30.8. The van der Waals surface area contributed by atoms with Gasteiger partial charge in [0.1, 0.15) is 0 Å². The number of fused-ring (bicyclic) bond motifs is 12. The summed E-state index contributed by atoms with van der Waals surface area (Å²) in [5.41, 5.74) is 4.61. The van der Waals surface area contributed by atoms with Gasteiger partial charge in [0, 0.05) is 22.7 Å². The van der Waals surface area contributed by atoms with E-state index in [9.17, 15) is 0 Å². The van der Waals surface area contributed by atoms with Gasteiger partial charge < -0.3 is 9.80 Å². The van der Waals surface area contributed by atoms with Crippen molar-refractivity contribution < 1.29 is 0 Å². The van der Waals surface area contributed by atoms with E-state index in [0.717, 1.165) is 22.7 Å². The van der Waals surface area contributed by atoms with Gasteiger partial charge in [0.25, 0.3) is 0 Å². The number of anilines is 6. The molecule has 0 bridgehead atoms. The molecule has 4 heteroatoms. The molecular formula is C50H32N2S2. The van der Waals surface area contributed by atoms with Gasteiger partial charge in [0.2, 0.25) is 0 Å². The van der Waals surface area contributed by atoms with Crippen molar-refractivity contribution in [1.29, 1.82) is 0 Å². The van der Waals surface area contributed by atoms with E-state index in [4.69, 9.17) is 0 Å². The summed E-state index contributed by atoms with van der Waals surface area (Å²) < 4.78 is 0. The van der Waals surface area contributed by atoms with Crippen LogP contribution in [0.1, 0.15) is 0 Å². The molecule has 0 N–H and O–H groups in total. The molecule has 11 aromatic rings. The highest BCUT2D eigenvalue weighted by Crippen LogP contribution is 2.46. The van der Waals surface area contributed by atoms with Crippen molar-refractivity contribution in [3.05, 3.63) is 193 Å². The molecule has 0 amide bonds. The summed E-state index contributed by atoms with van der Waals surface area (Å²) in [7, 11) is 0. The second kappa shape index (κ2) is 12.6. The molecule has 0 atom stereocenters. The molecule has 0 unspecified atom stereocenters. The Morgan fingerprint density at radius 1 is 0.241 bits per heavy atom. The molecule has 0 radical (unpaired) electrons. The fraction of sp³-hybridized carbons (Fsp3) is 0. The van der Waals surface area contributed by atoms with Gasteiger partial charge in [-0.25, -0.2) is 0 Å².